The number of benzene rings is 1. The van der Waals surface area contributed by atoms with Gasteiger partial charge in [0.1, 0.15) is 5.78 Å². The number of Topliss-reactive ketones (excluding diaryl/α,β-unsaturated/α-hetero) is 1. The monoisotopic (exact) mass is 234 g/mol. The van der Waals surface area contributed by atoms with Crippen LogP contribution in [0.15, 0.2) is 35.9 Å². The van der Waals surface area contributed by atoms with Gasteiger partial charge in [-0.1, -0.05) is 48.1 Å². The molecule has 0 N–H and O–H groups in total. The summed E-state index contributed by atoms with van der Waals surface area (Å²) in [6.45, 7) is 0. The molecular formula is C17H14O. The Labute approximate surface area is 106 Å². The Kier molecular flexibility index (Phi) is 1.99. The lowest BCUT2D eigenvalue weighted by molar-refractivity contribution is -0.117. The van der Waals surface area contributed by atoms with Gasteiger partial charge in [-0.15, -0.1) is 0 Å². The Balaban J connectivity index is 2.03. The second kappa shape index (κ2) is 3.55. The van der Waals surface area contributed by atoms with Crippen molar-refractivity contribution >= 4 is 17.9 Å². The molecule has 1 atom stereocenters. The lowest BCUT2D eigenvalue weighted by atomic mass is 9.85. The van der Waals surface area contributed by atoms with E-state index in [0.29, 0.717) is 24.5 Å². The summed E-state index contributed by atoms with van der Waals surface area (Å²) in [4.78, 5) is 11.6. The number of rotatable bonds is 0. The van der Waals surface area contributed by atoms with Crippen molar-refractivity contribution in [2.45, 2.75) is 25.2 Å². The molecule has 1 fully saturated rings. The molecular weight excluding hydrogens is 220 g/mol. The average molecular weight is 234 g/mol. The molecule has 0 heterocycles. The molecule has 0 bridgehead atoms. The molecule has 0 radical (unpaired) electrons. The van der Waals surface area contributed by atoms with Gasteiger partial charge in [-0.2, -0.15) is 0 Å². The zero-order valence-corrected chi connectivity index (χ0v) is 10.1. The number of ketones is 1. The second-order valence-electron chi connectivity index (χ2n) is 5.32. The molecule has 1 unspecified atom stereocenters. The molecule has 0 spiro atoms. The second-order valence-corrected chi connectivity index (χ2v) is 5.32. The van der Waals surface area contributed by atoms with Crippen LogP contribution in [0.2, 0.25) is 0 Å². The fourth-order valence-electron chi connectivity index (χ4n) is 3.38. The molecule has 1 nitrogen and oxygen atoms in total. The zero-order valence-electron chi connectivity index (χ0n) is 10.1. The highest BCUT2D eigenvalue weighted by Gasteiger charge is 2.30. The molecule has 0 aliphatic heterocycles. The van der Waals surface area contributed by atoms with Crippen molar-refractivity contribution in [2.75, 3.05) is 0 Å². The minimum absolute atomic E-state index is 0.349. The Bertz CT molecular complexity index is 732. The highest BCUT2D eigenvalue weighted by Crippen LogP contribution is 2.37. The lowest BCUT2D eigenvalue weighted by Crippen LogP contribution is -2.35. The van der Waals surface area contributed by atoms with Gasteiger partial charge in [0.15, 0.2) is 0 Å². The van der Waals surface area contributed by atoms with Crippen molar-refractivity contribution in [2.24, 2.45) is 0 Å². The first-order valence-corrected chi connectivity index (χ1v) is 6.54. The van der Waals surface area contributed by atoms with E-state index < -0.39 is 0 Å². The van der Waals surface area contributed by atoms with Gasteiger partial charge in [0, 0.05) is 18.8 Å². The summed E-state index contributed by atoms with van der Waals surface area (Å²) in [6.07, 6.45) is 13.3. The van der Waals surface area contributed by atoms with E-state index in [0.717, 1.165) is 6.42 Å². The first-order chi connectivity index (χ1) is 8.83. The molecule has 18 heavy (non-hydrogen) atoms. The molecule has 3 aliphatic carbocycles. The number of hydrogen-bond donors (Lipinski definition) is 0. The van der Waals surface area contributed by atoms with Gasteiger partial charge in [0.25, 0.3) is 0 Å². The van der Waals surface area contributed by atoms with Gasteiger partial charge in [0.2, 0.25) is 0 Å². The van der Waals surface area contributed by atoms with Crippen LogP contribution in [0.5, 0.6) is 0 Å². The van der Waals surface area contributed by atoms with Crippen molar-refractivity contribution in [3.05, 3.63) is 57.5 Å². The molecule has 0 saturated heterocycles. The number of fused-ring (bicyclic) bond motifs is 5. The van der Waals surface area contributed by atoms with Crippen LogP contribution in [0.4, 0.5) is 0 Å². The molecule has 1 aromatic rings. The van der Waals surface area contributed by atoms with E-state index in [-0.39, 0.29) is 0 Å². The third kappa shape index (κ3) is 1.30. The fraction of sp³-hybridized carbons (Fsp3) is 0.235. The van der Waals surface area contributed by atoms with E-state index >= 15 is 0 Å². The van der Waals surface area contributed by atoms with Crippen LogP contribution >= 0.6 is 0 Å². The first-order valence-electron chi connectivity index (χ1n) is 6.54. The predicted molar refractivity (Wildman–Crippen MR) is 72.5 cm³/mol. The first kappa shape index (κ1) is 10.1. The third-order valence-corrected chi connectivity index (χ3v) is 4.27. The maximum absolute atomic E-state index is 11.6. The Morgan fingerprint density at radius 2 is 2.00 bits per heavy atom. The summed E-state index contributed by atoms with van der Waals surface area (Å²) in [5.41, 5.74) is 4.05. The minimum atomic E-state index is 0.349. The topological polar surface area (TPSA) is 17.1 Å². The van der Waals surface area contributed by atoms with Crippen LogP contribution in [0.25, 0.3) is 12.2 Å². The highest BCUT2D eigenvalue weighted by molar-refractivity contribution is 5.87. The Morgan fingerprint density at radius 3 is 2.94 bits per heavy atom. The van der Waals surface area contributed by atoms with Crippen LogP contribution in [-0.4, -0.2) is 5.78 Å². The van der Waals surface area contributed by atoms with Gasteiger partial charge in [-0.25, -0.2) is 0 Å². The largest absolute Gasteiger partial charge is 0.299 e. The van der Waals surface area contributed by atoms with Gasteiger partial charge in [0.05, 0.1) is 0 Å². The predicted octanol–water partition coefficient (Wildman–Crippen LogP) is 1.75. The summed E-state index contributed by atoms with van der Waals surface area (Å²) >= 11 is 0. The van der Waals surface area contributed by atoms with Gasteiger partial charge < -0.3 is 0 Å². The van der Waals surface area contributed by atoms with Crippen LogP contribution in [-0.2, 0) is 11.2 Å². The van der Waals surface area contributed by atoms with E-state index in [1.807, 2.05) is 0 Å². The lowest BCUT2D eigenvalue weighted by Gasteiger charge is -2.18. The quantitative estimate of drug-likeness (QED) is 0.668. The molecule has 3 aliphatic rings. The van der Waals surface area contributed by atoms with E-state index in [9.17, 15) is 4.79 Å². The molecule has 1 heteroatoms. The number of allylic oxidation sites excluding steroid dienone is 4. The zero-order chi connectivity index (χ0) is 12.1. The Hall–Kier alpha value is -1.89. The SMILES string of the molecule is O=C1CC2=CC=c3c(ccc4c3=CC=CC4)C2C1. The van der Waals surface area contributed by atoms with Crippen molar-refractivity contribution < 1.29 is 4.79 Å². The van der Waals surface area contributed by atoms with Crippen LogP contribution in [0.1, 0.15) is 29.9 Å². The third-order valence-electron chi connectivity index (χ3n) is 4.27. The van der Waals surface area contributed by atoms with Crippen LogP contribution < -0.4 is 10.4 Å². The maximum Gasteiger partial charge on any atom is 0.137 e. The smallest absolute Gasteiger partial charge is 0.137 e. The summed E-state index contributed by atoms with van der Waals surface area (Å²) in [5, 5.41) is 2.69. The fourth-order valence-corrected chi connectivity index (χ4v) is 3.38. The van der Waals surface area contributed by atoms with E-state index in [2.05, 4.69) is 42.5 Å². The molecule has 0 amide bonds. The summed E-state index contributed by atoms with van der Waals surface area (Å²) < 4.78 is 0. The number of carbonyl (C=O) groups excluding carboxylic acids is 1. The molecule has 1 saturated carbocycles. The van der Waals surface area contributed by atoms with Gasteiger partial charge in [-0.3, -0.25) is 4.79 Å². The summed E-state index contributed by atoms with van der Waals surface area (Å²) in [7, 11) is 0. The minimum Gasteiger partial charge on any atom is -0.299 e. The van der Waals surface area contributed by atoms with Gasteiger partial charge in [-0.05, 0) is 28.0 Å². The standard InChI is InChI=1S/C17H14O/c18-13-9-12-6-8-15-14-4-2-1-3-11(14)5-7-16(15)17(12)10-13/h1-2,4-8,17H,3,9-10H2. The van der Waals surface area contributed by atoms with Crippen molar-refractivity contribution in [3.63, 3.8) is 0 Å². The van der Waals surface area contributed by atoms with Crippen LogP contribution in [0, 0.1) is 0 Å². The molecule has 4 rings (SSSR count). The maximum atomic E-state index is 11.6. The average Bonchev–Trinajstić information content (AvgIpc) is 2.79. The van der Waals surface area contributed by atoms with Crippen molar-refractivity contribution in [1.29, 1.82) is 0 Å². The van der Waals surface area contributed by atoms with E-state index in [1.54, 1.807) is 0 Å². The Morgan fingerprint density at radius 1 is 1.06 bits per heavy atom. The molecule has 1 aromatic carbocycles. The van der Waals surface area contributed by atoms with Crippen molar-refractivity contribution in [1.82, 2.24) is 0 Å². The van der Waals surface area contributed by atoms with Gasteiger partial charge >= 0.3 is 0 Å². The van der Waals surface area contributed by atoms with E-state index in [1.165, 1.54) is 27.1 Å². The highest BCUT2D eigenvalue weighted by atomic mass is 16.1. The van der Waals surface area contributed by atoms with E-state index in [4.69, 9.17) is 0 Å². The summed E-state index contributed by atoms with van der Waals surface area (Å²) in [6, 6.07) is 4.46. The molecule has 0 aromatic heterocycles. The summed E-state index contributed by atoms with van der Waals surface area (Å²) in [5.74, 6) is 0.733. The number of carbonyl (C=O) groups is 1. The van der Waals surface area contributed by atoms with Crippen LogP contribution in [0.3, 0.4) is 0 Å². The van der Waals surface area contributed by atoms with Crippen molar-refractivity contribution in [3.8, 4) is 0 Å². The normalized spacial score (nSPS) is 23.4. The number of hydrogen-bond acceptors (Lipinski definition) is 1. The molecule has 88 valence electrons.